The number of hydrogen-bond acceptors (Lipinski definition) is 5. The molecule has 15 heavy (non-hydrogen) atoms. The molecule has 0 spiro atoms. The van der Waals surface area contributed by atoms with E-state index in [-0.39, 0.29) is 5.82 Å². The average Bonchev–Trinajstić information content (AvgIpc) is 2.16. The molecule has 1 rings (SSSR count). The minimum Gasteiger partial charge on any atom is -0.357 e. The van der Waals surface area contributed by atoms with Crippen molar-refractivity contribution in [1.29, 1.82) is 0 Å². The van der Waals surface area contributed by atoms with Gasteiger partial charge in [-0.25, -0.2) is 0 Å². The maximum Gasteiger partial charge on any atom is 0.250 e. The van der Waals surface area contributed by atoms with Crippen LogP contribution in [0.25, 0.3) is 0 Å². The van der Waals surface area contributed by atoms with Gasteiger partial charge in [0.1, 0.15) is 0 Å². The molecular weight excluding hydrogens is 260 g/mol. The molecule has 0 aliphatic rings. The van der Waals surface area contributed by atoms with Gasteiger partial charge in [-0.05, 0) is 6.92 Å². The first-order valence-electron chi connectivity index (χ1n) is 4.22. The Morgan fingerprint density at radius 3 is 2.20 bits per heavy atom. The molecule has 0 bridgehead atoms. The summed E-state index contributed by atoms with van der Waals surface area (Å²) in [6, 6.07) is 0. The number of nitrogens with one attached hydrogen (secondary N) is 2. The lowest BCUT2D eigenvalue weighted by molar-refractivity contribution is 0.916. The van der Waals surface area contributed by atoms with Crippen molar-refractivity contribution in [3.63, 3.8) is 0 Å². The highest BCUT2D eigenvalue weighted by molar-refractivity contribution is 6.66. The summed E-state index contributed by atoms with van der Waals surface area (Å²) >= 11 is 17.0. The lowest BCUT2D eigenvalue weighted by Gasteiger charge is -2.11. The van der Waals surface area contributed by atoms with Crippen molar-refractivity contribution in [2.75, 3.05) is 24.2 Å². The van der Waals surface area contributed by atoms with E-state index in [1.54, 1.807) is 7.05 Å². The molecule has 0 aliphatic carbocycles. The van der Waals surface area contributed by atoms with Crippen molar-refractivity contribution in [1.82, 2.24) is 15.0 Å². The largest absolute Gasteiger partial charge is 0.357 e. The van der Waals surface area contributed by atoms with Crippen LogP contribution in [-0.2, 0) is 3.79 Å². The zero-order chi connectivity index (χ0) is 11.5. The summed E-state index contributed by atoms with van der Waals surface area (Å²) in [5, 5.41) is 5.68. The molecular formula is C7H10Cl3N5. The summed E-state index contributed by atoms with van der Waals surface area (Å²) in [5.41, 5.74) is 0. The predicted molar refractivity (Wildman–Crippen MR) is 62.8 cm³/mol. The van der Waals surface area contributed by atoms with Gasteiger partial charge in [-0.2, -0.15) is 15.0 Å². The summed E-state index contributed by atoms with van der Waals surface area (Å²) in [6.07, 6.45) is 0. The van der Waals surface area contributed by atoms with Crippen molar-refractivity contribution in [3.8, 4) is 0 Å². The molecule has 84 valence electrons. The maximum atomic E-state index is 5.68. The van der Waals surface area contributed by atoms with Crippen molar-refractivity contribution in [3.05, 3.63) is 5.82 Å². The summed E-state index contributed by atoms with van der Waals surface area (Å²) < 4.78 is -1.65. The van der Waals surface area contributed by atoms with Crippen LogP contribution in [0, 0.1) is 0 Å². The van der Waals surface area contributed by atoms with Crippen LogP contribution in [0.2, 0.25) is 0 Å². The zero-order valence-corrected chi connectivity index (χ0v) is 10.5. The highest BCUT2D eigenvalue weighted by Crippen LogP contribution is 2.36. The number of hydrogen-bond donors (Lipinski definition) is 2. The van der Waals surface area contributed by atoms with Gasteiger partial charge >= 0.3 is 0 Å². The van der Waals surface area contributed by atoms with Crippen molar-refractivity contribution in [2.45, 2.75) is 10.7 Å². The van der Waals surface area contributed by atoms with Gasteiger partial charge < -0.3 is 10.6 Å². The van der Waals surface area contributed by atoms with E-state index in [4.69, 9.17) is 34.8 Å². The molecule has 1 aromatic rings. The minimum atomic E-state index is -1.65. The summed E-state index contributed by atoms with van der Waals surface area (Å²) in [4.78, 5) is 11.9. The minimum absolute atomic E-state index is 0.0859. The third-order valence-electron chi connectivity index (χ3n) is 1.45. The van der Waals surface area contributed by atoms with Gasteiger partial charge in [-0.1, -0.05) is 34.8 Å². The molecule has 0 saturated heterocycles. The highest BCUT2D eigenvalue weighted by Gasteiger charge is 2.28. The fraction of sp³-hybridized carbons (Fsp3) is 0.571. The van der Waals surface area contributed by atoms with E-state index in [0.717, 1.165) is 0 Å². The van der Waals surface area contributed by atoms with Crippen LogP contribution in [0.4, 0.5) is 11.9 Å². The Morgan fingerprint density at radius 2 is 1.73 bits per heavy atom. The topological polar surface area (TPSA) is 62.7 Å². The van der Waals surface area contributed by atoms with Gasteiger partial charge in [0.05, 0.1) is 0 Å². The van der Waals surface area contributed by atoms with Crippen LogP contribution in [-0.4, -0.2) is 28.5 Å². The number of alkyl halides is 3. The molecule has 1 heterocycles. The Bertz CT molecular complexity index is 338. The van der Waals surface area contributed by atoms with E-state index in [2.05, 4.69) is 25.6 Å². The standard InChI is InChI=1S/C7H10Cl3N5/c1-3-12-6-14-4(7(8,9)10)13-5(11-2)15-6/h3H2,1-2H3,(H2,11,12,13,14,15). The molecule has 0 atom stereocenters. The molecule has 0 aliphatic heterocycles. The lowest BCUT2D eigenvalue weighted by atomic mass is 10.6. The third-order valence-corrected chi connectivity index (χ3v) is 1.95. The first-order valence-corrected chi connectivity index (χ1v) is 5.35. The average molecular weight is 271 g/mol. The van der Waals surface area contributed by atoms with Gasteiger partial charge in [0.25, 0.3) is 0 Å². The molecule has 0 fully saturated rings. The molecule has 0 unspecified atom stereocenters. The van der Waals surface area contributed by atoms with Crippen LogP contribution in [0.15, 0.2) is 0 Å². The summed E-state index contributed by atoms with van der Waals surface area (Å²) in [7, 11) is 1.67. The number of nitrogens with zero attached hydrogens (tertiary/aromatic N) is 3. The normalized spacial score (nSPS) is 11.3. The Hall–Kier alpha value is -0.520. The second kappa shape index (κ2) is 5.01. The molecule has 5 nitrogen and oxygen atoms in total. The van der Waals surface area contributed by atoms with Crippen LogP contribution < -0.4 is 10.6 Å². The van der Waals surface area contributed by atoms with Crippen LogP contribution in [0.3, 0.4) is 0 Å². The Kier molecular flexibility index (Phi) is 4.19. The van der Waals surface area contributed by atoms with Gasteiger partial charge in [-0.15, -0.1) is 0 Å². The third kappa shape index (κ3) is 3.52. The lowest BCUT2D eigenvalue weighted by Crippen LogP contribution is -2.14. The van der Waals surface area contributed by atoms with Crippen molar-refractivity contribution < 1.29 is 0 Å². The van der Waals surface area contributed by atoms with Gasteiger partial charge in [0, 0.05) is 13.6 Å². The first-order chi connectivity index (χ1) is 6.97. The molecule has 0 aromatic carbocycles. The number of halogens is 3. The van der Waals surface area contributed by atoms with Crippen molar-refractivity contribution >= 4 is 46.7 Å². The second-order valence-electron chi connectivity index (χ2n) is 2.58. The molecule has 1 aromatic heterocycles. The fourth-order valence-corrected chi connectivity index (χ4v) is 1.11. The Balaban J connectivity index is 3.11. The maximum absolute atomic E-state index is 5.68. The monoisotopic (exact) mass is 269 g/mol. The SMILES string of the molecule is CCNc1nc(NC)nc(C(Cl)(Cl)Cl)n1. The summed E-state index contributed by atoms with van der Waals surface area (Å²) in [5.74, 6) is 0.809. The highest BCUT2D eigenvalue weighted by atomic mass is 35.6. The van der Waals surface area contributed by atoms with E-state index in [0.29, 0.717) is 18.4 Å². The molecule has 0 amide bonds. The molecule has 0 radical (unpaired) electrons. The van der Waals surface area contributed by atoms with Crippen LogP contribution in [0.5, 0.6) is 0 Å². The van der Waals surface area contributed by atoms with Crippen molar-refractivity contribution in [2.24, 2.45) is 0 Å². The predicted octanol–water partition coefficient (Wildman–Crippen LogP) is 2.17. The van der Waals surface area contributed by atoms with Crippen LogP contribution in [0.1, 0.15) is 12.7 Å². The quantitative estimate of drug-likeness (QED) is 0.824. The molecule has 0 saturated carbocycles. The number of aromatic nitrogens is 3. The summed E-state index contributed by atoms with van der Waals surface area (Å²) in [6.45, 7) is 2.59. The smallest absolute Gasteiger partial charge is 0.250 e. The van der Waals surface area contributed by atoms with E-state index >= 15 is 0 Å². The first kappa shape index (κ1) is 12.5. The Labute approximate surface area is 103 Å². The fourth-order valence-electron chi connectivity index (χ4n) is 0.852. The van der Waals surface area contributed by atoms with E-state index in [9.17, 15) is 0 Å². The zero-order valence-electron chi connectivity index (χ0n) is 8.18. The van der Waals surface area contributed by atoms with Gasteiger partial charge in [0.2, 0.25) is 15.7 Å². The van der Waals surface area contributed by atoms with Gasteiger partial charge in [-0.3, -0.25) is 0 Å². The number of rotatable bonds is 3. The van der Waals surface area contributed by atoms with E-state index in [1.165, 1.54) is 0 Å². The Morgan fingerprint density at radius 1 is 1.13 bits per heavy atom. The second-order valence-corrected chi connectivity index (χ2v) is 4.87. The number of anilines is 2. The van der Waals surface area contributed by atoms with Crippen LogP contribution >= 0.6 is 34.8 Å². The van der Waals surface area contributed by atoms with Gasteiger partial charge in [0.15, 0.2) is 5.82 Å². The molecule has 8 heteroatoms. The van der Waals surface area contributed by atoms with E-state index < -0.39 is 3.79 Å². The molecule has 2 N–H and O–H groups in total. The van der Waals surface area contributed by atoms with E-state index in [1.807, 2.05) is 6.92 Å².